The second-order valence-electron chi connectivity index (χ2n) is 7.43. The number of nitrogens with zero attached hydrogens (tertiary/aromatic N) is 1. The van der Waals surface area contributed by atoms with E-state index in [2.05, 4.69) is 16.0 Å². The third-order valence-corrected chi connectivity index (χ3v) is 4.84. The first-order valence-corrected chi connectivity index (χ1v) is 10.1. The Bertz CT molecular complexity index is 723. The fourth-order valence-corrected chi connectivity index (χ4v) is 3.25. The van der Waals surface area contributed by atoms with E-state index in [0.717, 1.165) is 12.8 Å². The molecule has 4 amide bonds. The van der Waals surface area contributed by atoms with E-state index in [1.165, 1.54) is 0 Å². The topological polar surface area (TPSA) is 90.5 Å². The molecule has 1 aliphatic heterocycles. The van der Waals surface area contributed by atoms with Crippen molar-refractivity contribution in [1.29, 1.82) is 0 Å². The predicted molar refractivity (Wildman–Crippen MR) is 111 cm³/mol. The second-order valence-corrected chi connectivity index (χ2v) is 7.84. The Morgan fingerprint density at radius 2 is 2.04 bits per heavy atom. The van der Waals surface area contributed by atoms with Crippen LogP contribution in [0.5, 0.6) is 0 Å². The molecule has 2 rings (SSSR count). The van der Waals surface area contributed by atoms with E-state index in [-0.39, 0.29) is 28.9 Å². The number of carbonyl (C=O) groups is 3. The summed E-state index contributed by atoms with van der Waals surface area (Å²) in [6, 6.07) is 4.57. The smallest absolute Gasteiger partial charge is 0.321 e. The maximum absolute atomic E-state index is 12.6. The molecule has 1 aromatic rings. The van der Waals surface area contributed by atoms with E-state index in [9.17, 15) is 14.4 Å². The van der Waals surface area contributed by atoms with Gasteiger partial charge in [0.05, 0.1) is 10.6 Å². The van der Waals surface area contributed by atoms with Crippen molar-refractivity contribution in [2.75, 3.05) is 25.0 Å². The van der Waals surface area contributed by atoms with E-state index in [0.29, 0.717) is 43.2 Å². The van der Waals surface area contributed by atoms with E-state index < -0.39 is 0 Å². The van der Waals surface area contributed by atoms with Crippen molar-refractivity contribution in [1.82, 2.24) is 15.5 Å². The summed E-state index contributed by atoms with van der Waals surface area (Å²) in [6.45, 7) is 7.50. The molecule has 1 fully saturated rings. The number of piperidine rings is 1. The first-order valence-electron chi connectivity index (χ1n) is 9.73. The minimum Gasteiger partial charge on any atom is -0.352 e. The third-order valence-electron chi connectivity index (χ3n) is 4.53. The number of nitrogens with one attached hydrogen (secondary N) is 3. The average Bonchev–Trinajstić information content (AvgIpc) is 2.66. The van der Waals surface area contributed by atoms with Crippen molar-refractivity contribution in [3.05, 3.63) is 28.8 Å². The van der Waals surface area contributed by atoms with Gasteiger partial charge in [0.2, 0.25) is 5.91 Å². The molecule has 0 spiro atoms. The molecule has 1 heterocycles. The summed E-state index contributed by atoms with van der Waals surface area (Å²) < 4.78 is 0. The first kappa shape index (κ1) is 22.0. The SMILES string of the molecule is CCC(=O)NC1CCCN(C(=O)Nc2ccc(C(=O)NCC(C)C)c(Cl)c2)C1. The van der Waals surface area contributed by atoms with Crippen LogP contribution in [0.25, 0.3) is 0 Å². The molecule has 1 atom stereocenters. The van der Waals surface area contributed by atoms with E-state index in [4.69, 9.17) is 11.6 Å². The molecule has 0 radical (unpaired) electrons. The van der Waals surface area contributed by atoms with Crippen molar-refractivity contribution in [2.24, 2.45) is 5.92 Å². The fourth-order valence-electron chi connectivity index (χ4n) is 2.98. The van der Waals surface area contributed by atoms with Gasteiger partial charge < -0.3 is 20.9 Å². The third kappa shape index (κ3) is 6.41. The summed E-state index contributed by atoms with van der Waals surface area (Å²) in [6.07, 6.45) is 2.12. The molecule has 0 saturated carbocycles. The summed E-state index contributed by atoms with van der Waals surface area (Å²) in [5, 5.41) is 8.86. The molecule has 7 nitrogen and oxygen atoms in total. The largest absolute Gasteiger partial charge is 0.352 e. The Morgan fingerprint density at radius 1 is 1.29 bits per heavy atom. The van der Waals surface area contributed by atoms with Crippen LogP contribution in [-0.4, -0.2) is 48.4 Å². The van der Waals surface area contributed by atoms with Gasteiger partial charge in [-0.25, -0.2) is 4.79 Å². The Labute approximate surface area is 171 Å². The van der Waals surface area contributed by atoms with Crippen LogP contribution >= 0.6 is 11.6 Å². The van der Waals surface area contributed by atoms with Crippen LogP contribution in [0.3, 0.4) is 0 Å². The molecule has 3 N–H and O–H groups in total. The molecule has 1 unspecified atom stereocenters. The summed E-state index contributed by atoms with van der Waals surface area (Å²) >= 11 is 6.23. The minimum absolute atomic E-state index is 0.00891. The zero-order valence-corrected chi connectivity index (χ0v) is 17.4. The van der Waals surface area contributed by atoms with Gasteiger partial charge in [-0.05, 0) is 37.0 Å². The highest BCUT2D eigenvalue weighted by atomic mass is 35.5. The zero-order chi connectivity index (χ0) is 20.7. The van der Waals surface area contributed by atoms with Gasteiger partial charge >= 0.3 is 6.03 Å². The predicted octanol–water partition coefficient (Wildman–Crippen LogP) is 3.25. The number of carbonyl (C=O) groups excluding carboxylic acids is 3. The van der Waals surface area contributed by atoms with Crippen LogP contribution in [0.4, 0.5) is 10.5 Å². The lowest BCUT2D eigenvalue weighted by Gasteiger charge is -2.33. The number of anilines is 1. The van der Waals surface area contributed by atoms with Gasteiger partial charge in [0.1, 0.15) is 0 Å². The number of rotatable bonds is 6. The van der Waals surface area contributed by atoms with Gasteiger partial charge in [0.25, 0.3) is 5.91 Å². The quantitative estimate of drug-likeness (QED) is 0.674. The summed E-state index contributed by atoms with van der Waals surface area (Å²) in [4.78, 5) is 38.0. The molecule has 1 aliphatic rings. The first-order chi connectivity index (χ1) is 13.3. The molecule has 28 heavy (non-hydrogen) atoms. The standard InChI is InChI=1S/C20H29ClN4O3/c1-4-18(26)23-15-6-5-9-25(12-15)20(28)24-14-7-8-16(17(21)10-14)19(27)22-11-13(2)3/h7-8,10,13,15H,4-6,9,11-12H2,1-3H3,(H,22,27)(H,23,26)(H,24,28). The molecule has 1 aromatic carbocycles. The summed E-state index contributed by atoms with van der Waals surface area (Å²) in [7, 11) is 0. The van der Waals surface area contributed by atoms with Crippen LogP contribution < -0.4 is 16.0 Å². The lowest BCUT2D eigenvalue weighted by atomic mass is 10.1. The van der Waals surface area contributed by atoms with Crippen molar-refractivity contribution in [2.45, 2.75) is 46.1 Å². The minimum atomic E-state index is -0.247. The molecule has 0 aliphatic carbocycles. The average molecular weight is 409 g/mol. The lowest BCUT2D eigenvalue weighted by molar-refractivity contribution is -0.121. The maximum Gasteiger partial charge on any atom is 0.321 e. The van der Waals surface area contributed by atoms with Crippen molar-refractivity contribution >= 4 is 35.1 Å². The van der Waals surface area contributed by atoms with Crippen LogP contribution in [0, 0.1) is 5.92 Å². The summed E-state index contributed by atoms with van der Waals surface area (Å²) in [5.41, 5.74) is 0.899. The van der Waals surface area contributed by atoms with Gasteiger partial charge in [-0.1, -0.05) is 32.4 Å². The highest BCUT2D eigenvalue weighted by molar-refractivity contribution is 6.34. The molecule has 0 aromatic heterocycles. The van der Waals surface area contributed by atoms with Gasteiger partial charge in [-0.2, -0.15) is 0 Å². The molecule has 1 saturated heterocycles. The zero-order valence-electron chi connectivity index (χ0n) is 16.7. The number of likely N-dealkylation sites (tertiary alicyclic amines) is 1. The normalized spacial score (nSPS) is 16.6. The van der Waals surface area contributed by atoms with Crippen LogP contribution in [-0.2, 0) is 4.79 Å². The van der Waals surface area contributed by atoms with Gasteiger partial charge in [0, 0.05) is 37.8 Å². The van der Waals surface area contributed by atoms with Crippen LogP contribution in [0.2, 0.25) is 5.02 Å². The number of hydrogen-bond donors (Lipinski definition) is 3. The number of hydrogen-bond acceptors (Lipinski definition) is 3. The maximum atomic E-state index is 12.6. The summed E-state index contributed by atoms with van der Waals surface area (Å²) in [5.74, 6) is 0.101. The molecule has 154 valence electrons. The number of halogens is 1. The Balaban J connectivity index is 1.95. The van der Waals surface area contributed by atoms with Crippen molar-refractivity contribution < 1.29 is 14.4 Å². The Morgan fingerprint density at radius 3 is 2.68 bits per heavy atom. The van der Waals surface area contributed by atoms with Crippen molar-refractivity contribution in [3.63, 3.8) is 0 Å². The number of benzene rings is 1. The molecule has 8 heteroatoms. The number of urea groups is 1. The highest BCUT2D eigenvalue weighted by Gasteiger charge is 2.24. The van der Waals surface area contributed by atoms with Crippen molar-refractivity contribution in [3.8, 4) is 0 Å². The highest BCUT2D eigenvalue weighted by Crippen LogP contribution is 2.22. The van der Waals surface area contributed by atoms with E-state index in [1.807, 2.05) is 13.8 Å². The van der Waals surface area contributed by atoms with Crippen LogP contribution in [0.15, 0.2) is 18.2 Å². The number of amides is 4. The van der Waals surface area contributed by atoms with Crippen LogP contribution in [0.1, 0.15) is 50.4 Å². The van der Waals surface area contributed by atoms with E-state index >= 15 is 0 Å². The molecule has 0 bridgehead atoms. The Kier molecular flexibility index (Phi) is 8.11. The molecular formula is C20H29ClN4O3. The molecular weight excluding hydrogens is 380 g/mol. The lowest BCUT2D eigenvalue weighted by Crippen LogP contribution is -2.50. The van der Waals surface area contributed by atoms with Gasteiger partial charge in [-0.3, -0.25) is 9.59 Å². The monoisotopic (exact) mass is 408 g/mol. The Hall–Kier alpha value is -2.28. The second kappa shape index (κ2) is 10.3. The van der Waals surface area contributed by atoms with E-state index in [1.54, 1.807) is 30.0 Å². The van der Waals surface area contributed by atoms with Gasteiger partial charge in [-0.15, -0.1) is 0 Å². The fraction of sp³-hybridized carbons (Fsp3) is 0.550. The van der Waals surface area contributed by atoms with Gasteiger partial charge in [0.15, 0.2) is 0 Å².